The third-order valence-corrected chi connectivity index (χ3v) is 7.34. The zero-order valence-electron chi connectivity index (χ0n) is 21.5. The van der Waals surface area contributed by atoms with Gasteiger partial charge in [-0.25, -0.2) is 9.78 Å². The fourth-order valence-electron chi connectivity index (χ4n) is 4.86. The van der Waals surface area contributed by atoms with Crippen molar-refractivity contribution in [2.45, 2.75) is 37.3 Å². The van der Waals surface area contributed by atoms with E-state index in [0.29, 0.717) is 22.7 Å². The van der Waals surface area contributed by atoms with Gasteiger partial charge in [0.1, 0.15) is 11.7 Å². The summed E-state index contributed by atoms with van der Waals surface area (Å²) in [4.78, 5) is 56.0. The van der Waals surface area contributed by atoms with E-state index in [2.05, 4.69) is 20.4 Å². The maximum absolute atomic E-state index is 13.5. The minimum absolute atomic E-state index is 0.0872. The Kier molecular flexibility index (Phi) is 7.24. The van der Waals surface area contributed by atoms with Gasteiger partial charge >= 0.3 is 5.97 Å². The Morgan fingerprint density at radius 3 is 2.59 bits per heavy atom. The van der Waals surface area contributed by atoms with Crippen molar-refractivity contribution < 1.29 is 23.9 Å². The number of carbonyl (C=O) groups is 3. The highest BCUT2D eigenvalue weighted by atomic mass is 35.5. The van der Waals surface area contributed by atoms with Crippen LogP contribution in [0.1, 0.15) is 51.7 Å². The van der Waals surface area contributed by atoms with Crippen molar-refractivity contribution in [3.8, 4) is 11.1 Å². The van der Waals surface area contributed by atoms with E-state index in [9.17, 15) is 19.2 Å². The fraction of sp³-hybridized carbons (Fsp3) is 0.321. The lowest BCUT2D eigenvalue weighted by molar-refractivity contribution is -0.119. The van der Waals surface area contributed by atoms with Gasteiger partial charge in [-0.3, -0.25) is 14.4 Å². The highest BCUT2D eigenvalue weighted by Crippen LogP contribution is 2.43. The second kappa shape index (κ2) is 10.6. The number of nitrogens with one attached hydrogen (secondary N) is 2. The smallest absolute Gasteiger partial charge is 0.356 e. The zero-order chi connectivity index (χ0) is 27.7. The van der Waals surface area contributed by atoms with Crippen molar-refractivity contribution in [2.75, 3.05) is 26.1 Å². The third-order valence-electron chi connectivity index (χ3n) is 7.11. The van der Waals surface area contributed by atoms with Crippen LogP contribution in [-0.4, -0.2) is 53.7 Å². The molecule has 1 aliphatic carbocycles. The normalized spacial score (nSPS) is 15.7. The van der Waals surface area contributed by atoms with E-state index in [1.54, 1.807) is 12.1 Å². The molecule has 2 aliphatic rings. The summed E-state index contributed by atoms with van der Waals surface area (Å²) in [6, 6.07) is 8.83. The number of hydrogen-bond donors (Lipinski definition) is 2. The van der Waals surface area contributed by atoms with Gasteiger partial charge in [0.05, 0.1) is 24.6 Å². The van der Waals surface area contributed by atoms with Gasteiger partial charge in [-0.1, -0.05) is 17.7 Å². The molecule has 0 bridgehead atoms. The van der Waals surface area contributed by atoms with Gasteiger partial charge < -0.3 is 24.7 Å². The Hall–Kier alpha value is -4.02. The molecule has 3 aromatic rings. The van der Waals surface area contributed by atoms with E-state index >= 15 is 0 Å². The first-order valence-electron chi connectivity index (χ1n) is 12.5. The van der Waals surface area contributed by atoms with Crippen molar-refractivity contribution in [3.63, 3.8) is 0 Å². The molecular weight excluding hydrogens is 524 g/mol. The standard InChI is InChI=1S/C28H27ClN4O6/c1-38-10-7-23(26(36)31-18-5-6-22(30-14-18)27(37)39-2)33-15-21-20(12-24(33)34)19-11-17(29)4-3-16(19)13-28(8-9-28)32-25(21)35/h3-6,11-12,14-15,23H,7-10,13H2,1-2H3,(H,31,36)(H,32,35). The van der Waals surface area contributed by atoms with Crippen LogP contribution in [0.2, 0.25) is 5.02 Å². The molecule has 11 heteroatoms. The number of benzene rings is 1. The summed E-state index contributed by atoms with van der Waals surface area (Å²) in [5.74, 6) is -1.42. The minimum atomic E-state index is -0.991. The average molecular weight is 551 g/mol. The van der Waals surface area contributed by atoms with Crippen LogP contribution in [0.5, 0.6) is 0 Å². The van der Waals surface area contributed by atoms with Crippen molar-refractivity contribution in [2.24, 2.45) is 0 Å². The Labute approximate surface area is 229 Å². The molecule has 10 nitrogen and oxygen atoms in total. The first-order chi connectivity index (χ1) is 18.7. The molecule has 2 aromatic heterocycles. The number of pyridine rings is 2. The lowest BCUT2D eigenvalue weighted by Gasteiger charge is -2.26. The predicted octanol–water partition coefficient (Wildman–Crippen LogP) is 3.39. The first-order valence-corrected chi connectivity index (χ1v) is 12.8. The van der Waals surface area contributed by atoms with Crippen LogP contribution in [0.15, 0.2) is 53.6 Å². The molecular formula is C28H27ClN4O6. The second-order valence-electron chi connectivity index (χ2n) is 9.77. The number of carbonyl (C=O) groups excluding carboxylic acids is 3. The van der Waals surface area contributed by atoms with Gasteiger partial charge in [0, 0.05) is 48.5 Å². The predicted molar refractivity (Wildman–Crippen MR) is 144 cm³/mol. The number of amides is 2. The minimum Gasteiger partial charge on any atom is -0.464 e. The van der Waals surface area contributed by atoms with Gasteiger partial charge in [0.2, 0.25) is 5.91 Å². The maximum Gasteiger partial charge on any atom is 0.356 e. The molecule has 3 heterocycles. The molecule has 1 aromatic carbocycles. The van der Waals surface area contributed by atoms with E-state index in [-0.39, 0.29) is 35.7 Å². The van der Waals surface area contributed by atoms with Crippen molar-refractivity contribution in [3.05, 3.63) is 81.0 Å². The molecule has 2 amide bonds. The number of halogens is 1. The fourth-order valence-corrected chi connectivity index (χ4v) is 5.04. The maximum atomic E-state index is 13.5. The van der Waals surface area contributed by atoms with Gasteiger partial charge in [0.15, 0.2) is 0 Å². The lowest BCUT2D eigenvalue weighted by Crippen LogP contribution is -2.41. The molecule has 1 saturated carbocycles. The molecule has 5 rings (SSSR count). The van der Waals surface area contributed by atoms with Crippen LogP contribution in [0.25, 0.3) is 11.1 Å². The van der Waals surface area contributed by atoms with Crippen LogP contribution in [0.4, 0.5) is 5.69 Å². The molecule has 1 atom stereocenters. The number of ether oxygens (including phenoxy) is 2. The summed E-state index contributed by atoms with van der Waals surface area (Å²) in [5.41, 5.74) is 2.11. The molecule has 39 heavy (non-hydrogen) atoms. The number of hydrogen-bond acceptors (Lipinski definition) is 7. The summed E-state index contributed by atoms with van der Waals surface area (Å²) in [5, 5.41) is 6.37. The number of nitrogens with zero attached hydrogens (tertiary/aromatic N) is 2. The van der Waals surface area contributed by atoms with Gasteiger partial charge in [0.25, 0.3) is 11.5 Å². The average Bonchev–Trinajstić information content (AvgIpc) is 3.68. The lowest BCUT2D eigenvalue weighted by atomic mass is 9.89. The van der Waals surface area contributed by atoms with Crippen LogP contribution >= 0.6 is 11.6 Å². The third kappa shape index (κ3) is 5.43. The Morgan fingerprint density at radius 1 is 1.13 bits per heavy atom. The van der Waals surface area contributed by atoms with E-state index < -0.39 is 23.5 Å². The number of rotatable bonds is 7. The number of esters is 1. The van der Waals surface area contributed by atoms with Crippen molar-refractivity contribution in [1.29, 1.82) is 0 Å². The summed E-state index contributed by atoms with van der Waals surface area (Å²) < 4.78 is 11.1. The van der Waals surface area contributed by atoms with E-state index in [4.69, 9.17) is 16.3 Å². The van der Waals surface area contributed by atoms with Gasteiger partial charge in [-0.15, -0.1) is 0 Å². The van der Waals surface area contributed by atoms with Crippen LogP contribution < -0.4 is 16.2 Å². The van der Waals surface area contributed by atoms with E-state index in [1.807, 2.05) is 6.07 Å². The Bertz CT molecular complexity index is 1510. The Balaban J connectivity index is 1.54. The number of methoxy groups -OCH3 is 2. The quantitative estimate of drug-likeness (QED) is 0.431. The molecule has 1 spiro atoms. The largest absolute Gasteiger partial charge is 0.464 e. The topological polar surface area (TPSA) is 129 Å². The summed E-state index contributed by atoms with van der Waals surface area (Å²) in [6.45, 7) is 0.189. The SMILES string of the molecule is COCCC(C(=O)Nc1ccc(C(=O)OC)nc1)n1cc2c(cc1=O)-c1cc(Cl)ccc1CC1(CC1)NC2=O. The van der Waals surface area contributed by atoms with Gasteiger partial charge in [-0.2, -0.15) is 0 Å². The molecule has 202 valence electrons. The highest BCUT2D eigenvalue weighted by Gasteiger charge is 2.46. The highest BCUT2D eigenvalue weighted by molar-refractivity contribution is 6.31. The van der Waals surface area contributed by atoms with E-state index in [1.165, 1.54) is 49.4 Å². The second-order valence-corrected chi connectivity index (χ2v) is 10.2. The summed E-state index contributed by atoms with van der Waals surface area (Å²) >= 11 is 6.31. The van der Waals surface area contributed by atoms with Crippen molar-refractivity contribution >= 4 is 35.1 Å². The van der Waals surface area contributed by atoms with E-state index in [0.717, 1.165) is 24.0 Å². The molecule has 1 unspecified atom stereocenters. The molecule has 0 saturated heterocycles. The Morgan fingerprint density at radius 2 is 1.92 bits per heavy atom. The van der Waals surface area contributed by atoms with Crippen LogP contribution in [0, 0.1) is 0 Å². The molecule has 1 aliphatic heterocycles. The van der Waals surface area contributed by atoms with Crippen LogP contribution in [0.3, 0.4) is 0 Å². The summed E-state index contributed by atoms with van der Waals surface area (Å²) in [6.07, 6.45) is 5.30. The number of aromatic nitrogens is 2. The number of fused-ring (bicyclic) bond motifs is 3. The molecule has 2 N–H and O–H groups in total. The number of anilines is 1. The molecule has 0 radical (unpaired) electrons. The first kappa shape index (κ1) is 26.6. The van der Waals surface area contributed by atoms with Crippen LogP contribution in [-0.2, 0) is 20.7 Å². The monoisotopic (exact) mass is 550 g/mol. The molecule has 1 fully saturated rings. The summed E-state index contributed by atoms with van der Waals surface area (Å²) in [7, 11) is 2.75. The van der Waals surface area contributed by atoms with Gasteiger partial charge in [-0.05, 0) is 54.7 Å². The van der Waals surface area contributed by atoms with Crippen molar-refractivity contribution in [1.82, 2.24) is 14.9 Å². The zero-order valence-corrected chi connectivity index (χ0v) is 22.2.